The molecule has 31 nitrogen and oxygen atoms in total. The Labute approximate surface area is 430 Å². The lowest BCUT2D eigenvalue weighted by Gasteiger charge is -2.51. The molecule has 0 spiro atoms. The first-order valence-electron chi connectivity index (χ1n) is 24.7. The summed E-state index contributed by atoms with van der Waals surface area (Å²) >= 11 is 0. The van der Waals surface area contributed by atoms with Crippen LogP contribution >= 0.6 is 0 Å². The molecule has 0 aromatic heterocycles. The summed E-state index contributed by atoms with van der Waals surface area (Å²) < 4.78 is 58.6. The topological polar surface area (TPSA) is 472 Å². The van der Waals surface area contributed by atoms with Crippen molar-refractivity contribution in [3.8, 4) is 0 Å². The molecule has 5 saturated heterocycles. The van der Waals surface area contributed by atoms with Gasteiger partial charge in [0.1, 0.15) is 116 Å². The van der Waals surface area contributed by atoms with Gasteiger partial charge in [-0.2, -0.15) is 0 Å². The molecule has 31 heteroatoms. The van der Waals surface area contributed by atoms with Crippen molar-refractivity contribution >= 4 is 23.6 Å². The highest BCUT2D eigenvalue weighted by molar-refractivity contribution is 5.77. The minimum absolute atomic E-state index is 0.0810. The number of aliphatic hydroxyl groups excluding tert-OH is 13. The smallest absolute Gasteiger partial charge is 0.219 e. The van der Waals surface area contributed by atoms with E-state index in [0.717, 1.165) is 13.8 Å². The number of unbranched alkanes of at least 4 members (excludes halogenated alkanes) is 1. The van der Waals surface area contributed by atoms with E-state index in [4.69, 9.17) is 47.4 Å². The SMILES string of the molecule is CNC(=O)CCCCC(=O)NCCCO[C@@H]1OC(CO)[C@@H](O[C@@H]2OC(CO)[C@H](O)[C@H](O[C@@H]3OC(CO)[C@@H](O)[C@H](O[C@@H]4OC(CO)[C@H](O)[C@H](O)C4O[C@@H]4OC(C)[C@@H](O)[C@H](O)C4O)C3NC(C)=O)C2O)[C@H](O)C1NC(C)=O. The molecular weight excluding hydrogens is 1020 g/mol. The second-order valence-corrected chi connectivity index (χ2v) is 18.8. The molecule has 5 rings (SSSR count). The summed E-state index contributed by atoms with van der Waals surface area (Å²) in [5.74, 6) is -1.89. The standard InChI is InChI=1S/C44H76N4O27/c1-16-27(57)32(62)34(64)42(67-16)75-39-33(63)28(58)19(12-49)70-44(39)73-37-26(48-18(3)54)41(68-20(13-50)29(37)59)74-38-30(60)21(14-51)69-43(35(38)65)72-36-22(15-52)71-40(25(31(36)61)47-17(2)53)66-11-7-10-46-24(56)9-6-5-8-23(55)45-4/h16,19-22,25-44,49-52,57-65H,5-15H2,1-4H3,(H,45,55)(H,46,56)(H,47,53)(H,48,54)/t16?,19?,20?,21?,22?,25?,26?,27-,28+,29-,30+,31-,32+,33+,34?,35?,36-,37-,38+,39?,40-,41+,42+,43+,44+/m1/s1. The molecule has 5 aliphatic rings. The number of amides is 4. The normalized spacial score (nSPS) is 42.3. The van der Waals surface area contributed by atoms with E-state index in [1.165, 1.54) is 14.0 Å². The van der Waals surface area contributed by atoms with Gasteiger partial charge in [0.15, 0.2) is 31.5 Å². The van der Waals surface area contributed by atoms with Gasteiger partial charge in [0.05, 0.1) is 39.1 Å². The summed E-state index contributed by atoms with van der Waals surface area (Å²) in [7, 11) is 1.52. The van der Waals surface area contributed by atoms with E-state index < -0.39 is 192 Å². The van der Waals surface area contributed by atoms with Crippen LogP contribution in [0.25, 0.3) is 0 Å². The van der Waals surface area contributed by atoms with Crippen molar-refractivity contribution in [3.63, 3.8) is 0 Å². The summed E-state index contributed by atoms with van der Waals surface area (Å²) in [6, 6.07) is -3.15. The summed E-state index contributed by atoms with van der Waals surface area (Å²) in [6.45, 7) is -0.181. The number of aliphatic hydroxyl groups is 13. The molecule has 4 amide bonds. The van der Waals surface area contributed by atoms with Gasteiger partial charge in [-0.15, -0.1) is 0 Å². The average Bonchev–Trinajstić information content (AvgIpc) is 3.37. The van der Waals surface area contributed by atoms with Crippen molar-refractivity contribution in [2.75, 3.05) is 46.6 Å². The Kier molecular flexibility index (Phi) is 24.5. The molecule has 0 bridgehead atoms. The minimum atomic E-state index is -2.14. The van der Waals surface area contributed by atoms with Crippen LogP contribution in [-0.2, 0) is 66.5 Å². The van der Waals surface area contributed by atoms with Crippen LogP contribution in [-0.4, -0.2) is 290 Å². The molecular formula is C44H76N4O27. The van der Waals surface area contributed by atoms with Crippen molar-refractivity contribution in [2.24, 2.45) is 0 Å². The highest BCUT2D eigenvalue weighted by Crippen LogP contribution is 2.36. The van der Waals surface area contributed by atoms with Crippen LogP contribution in [0.1, 0.15) is 52.9 Å². The third kappa shape index (κ3) is 15.8. The Balaban J connectivity index is 1.33. The Morgan fingerprint density at radius 1 is 0.453 bits per heavy atom. The number of ether oxygens (including phenoxy) is 10. The quantitative estimate of drug-likeness (QED) is 0.0399. The summed E-state index contributed by atoms with van der Waals surface area (Å²) in [4.78, 5) is 48.9. The largest absolute Gasteiger partial charge is 0.394 e. The fourth-order valence-corrected chi connectivity index (χ4v) is 9.17. The number of hydrogen-bond donors (Lipinski definition) is 17. The van der Waals surface area contributed by atoms with Gasteiger partial charge in [-0.3, -0.25) is 19.2 Å². The zero-order valence-electron chi connectivity index (χ0n) is 41.7. The maximum absolute atomic E-state index is 12.8. The van der Waals surface area contributed by atoms with Crippen LogP contribution in [0.2, 0.25) is 0 Å². The van der Waals surface area contributed by atoms with Crippen LogP contribution in [0.5, 0.6) is 0 Å². The van der Waals surface area contributed by atoms with Gasteiger partial charge < -0.3 is 135 Å². The van der Waals surface area contributed by atoms with Gasteiger partial charge in [0, 0.05) is 40.3 Å². The lowest BCUT2D eigenvalue weighted by molar-refractivity contribution is -0.389. The number of rotatable bonds is 24. The van der Waals surface area contributed by atoms with Gasteiger partial charge in [-0.25, -0.2) is 0 Å². The van der Waals surface area contributed by atoms with E-state index in [1.54, 1.807) is 0 Å². The van der Waals surface area contributed by atoms with Crippen molar-refractivity contribution in [3.05, 3.63) is 0 Å². The molecule has 10 unspecified atom stereocenters. The van der Waals surface area contributed by atoms with E-state index in [0.29, 0.717) is 12.8 Å². The number of carbonyl (C=O) groups is 4. The van der Waals surface area contributed by atoms with Gasteiger partial charge in [-0.05, 0) is 26.2 Å². The van der Waals surface area contributed by atoms with Crippen molar-refractivity contribution in [2.45, 2.75) is 206 Å². The predicted molar refractivity (Wildman–Crippen MR) is 242 cm³/mol. The van der Waals surface area contributed by atoms with Crippen LogP contribution in [0, 0.1) is 0 Å². The summed E-state index contributed by atoms with van der Waals surface area (Å²) in [6.07, 6.45) is -39.7. The van der Waals surface area contributed by atoms with Crippen LogP contribution in [0.3, 0.4) is 0 Å². The summed E-state index contributed by atoms with van der Waals surface area (Å²) in [5.41, 5.74) is 0. The number of hydrogen-bond acceptors (Lipinski definition) is 27. The highest BCUT2D eigenvalue weighted by Gasteiger charge is 2.57. The molecule has 0 aromatic carbocycles. The number of carbonyl (C=O) groups excluding carboxylic acids is 4. The molecule has 5 heterocycles. The molecule has 25 atom stereocenters. The van der Waals surface area contributed by atoms with Gasteiger partial charge >= 0.3 is 0 Å². The zero-order valence-corrected chi connectivity index (χ0v) is 41.7. The molecule has 5 aliphatic heterocycles. The zero-order chi connectivity index (χ0) is 55.4. The molecule has 0 aromatic rings. The first-order chi connectivity index (χ1) is 35.6. The third-order valence-electron chi connectivity index (χ3n) is 13.3. The maximum Gasteiger partial charge on any atom is 0.219 e. The van der Waals surface area contributed by atoms with Crippen LogP contribution in [0.4, 0.5) is 0 Å². The molecule has 434 valence electrons. The van der Waals surface area contributed by atoms with Crippen molar-refractivity contribution < 1.29 is 133 Å². The van der Waals surface area contributed by atoms with Crippen LogP contribution in [0.15, 0.2) is 0 Å². The second kappa shape index (κ2) is 29.3. The Bertz CT molecular complexity index is 1800. The van der Waals surface area contributed by atoms with Crippen molar-refractivity contribution in [1.82, 2.24) is 21.3 Å². The van der Waals surface area contributed by atoms with Gasteiger partial charge in [0.25, 0.3) is 0 Å². The molecule has 0 radical (unpaired) electrons. The molecule has 75 heavy (non-hydrogen) atoms. The van der Waals surface area contributed by atoms with E-state index in [-0.39, 0.29) is 44.2 Å². The molecule has 5 fully saturated rings. The molecule has 0 saturated carbocycles. The minimum Gasteiger partial charge on any atom is -0.394 e. The predicted octanol–water partition coefficient (Wildman–Crippen LogP) is -9.77. The highest BCUT2D eigenvalue weighted by atomic mass is 16.8. The molecule has 0 aliphatic carbocycles. The first kappa shape index (κ1) is 62.8. The van der Waals surface area contributed by atoms with Crippen LogP contribution < -0.4 is 21.3 Å². The lowest BCUT2D eigenvalue weighted by Crippen LogP contribution is -2.70. The van der Waals surface area contributed by atoms with E-state index in [1.807, 2.05) is 0 Å². The van der Waals surface area contributed by atoms with E-state index in [2.05, 4.69) is 21.3 Å². The Hall–Kier alpha value is -3.04. The average molecular weight is 1090 g/mol. The monoisotopic (exact) mass is 1090 g/mol. The van der Waals surface area contributed by atoms with E-state index in [9.17, 15) is 85.6 Å². The summed E-state index contributed by atoms with van der Waals surface area (Å²) in [5, 5.41) is 151. The number of nitrogens with one attached hydrogen (secondary N) is 4. The Morgan fingerprint density at radius 3 is 1.55 bits per heavy atom. The second-order valence-electron chi connectivity index (χ2n) is 18.8. The Morgan fingerprint density at radius 2 is 0.947 bits per heavy atom. The fraction of sp³-hybridized carbons (Fsp3) is 0.909. The van der Waals surface area contributed by atoms with Crippen molar-refractivity contribution in [1.29, 1.82) is 0 Å². The maximum atomic E-state index is 12.8. The van der Waals surface area contributed by atoms with Gasteiger partial charge in [-0.1, -0.05) is 0 Å². The fourth-order valence-electron chi connectivity index (χ4n) is 9.17. The van der Waals surface area contributed by atoms with Gasteiger partial charge in [0.2, 0.25) is 23.6 Å². The lowest BCUT2D eigenvalue weighted by atomic mass is 9.94. The van der Waals surface area contributed by atoms with E-state index >= 15 is 0 Å². The molecule has 17 N–H and O–H groups in total. The third-order valence-corrected chi connectivity index (χ3v) is 13.3. The first-order valence-corrected chi connectivity index (χ1v) is 24.7.